The van der Waals surface area contributed by atoms with Crippen molar-refractivity contribution in [2.24, 2.45) is 11.8 Å². The summed E-state index contributed by atoms with van der Waals surface area (Å²) in [5.41, 5.74) is 2.53. The van der Waals surface area contributed by atoms with E-state index in [-0.39, 0.29) is 17.7 Å². The van der Waals surface area contributed by atoms with Gasteiger partial charge in [-0.05, 0) is 60.5 Å². The summed E-state index contributed by atoms with van der Waals surface area (Å²) in [4.78, 5) is 58.0. The number of halogens is 1. The van der Waals surface area contributed by atoms with Crippen molar-refractivity contribution in [2.75, 3.05) is 15.5 Å². The summed E-state index contributed by atoms with van der Waals surface area (Å²) in [6.45, 7) is 1.40. The Bertz CT molecular complexity index is 1750. The van der Waals surface area contributed by atoms with Gasteiger partial charge in [-0.1, -0.05) is 29.8 Å². The van der Waals surface area contributed by atoms with Gasteiger partial charge in [-0.3, -0.25) is 24.5 Å². The molecule has 4 N–H and O–H groups in total. The van der Waals surface area contributed by atoms with Gasteiger partial charge < -0.3 is 15.6 Å². The van der Waals surface area contributed by atoms with Crippen LogP contribution in [0.5, 0.6) is 0 Å². The number of hydrogen-bond acceptors (Lipinski definition) is 5. The number of nitrogens with one attached hydrogen (secondary N) is 4. The number of fused-ring (bicyclic) bond motifs is 5. The maximum absolute atomic E-state index is 14.2. The number of carbonyl (C=O) groups is 4. The predicted octanol–water partition coefficient (Wildman–Crippen LogP) is 3.95. The predicted molar refractivity (Wildman–Crippen MR) is 151 cm³/mol. The molecule has 0 saturated carbocycles. The summed E-state index contributed by atoms with van der Waals surface area (Å²) in [7, 11) is 0. The van der Waals surface area contributed by atoms with Crippen LogP contribution in [0.4, 0.5) is 17.1 Å². The minimum atomic E-state index is -1.46. The summed E-state index contributed by atoms with van der Waals surface area (Å²) in [6, 6.07) is 19.0. The van der Waals surface area contributed by atoms with Crippen molar-refractivity contribution in [3.05, 3.63) is 89.1 Å². The van der Waals surface area contributed by atoms with Crippen LogP contribution >= 0.6 is 11.6 Å². The fourth-order valence-corrected chi connectivity index (χ4v) is 6.81. The summed E-state index contributed by atoms with van der Waals surface area (Å²) in [5, 5.41) is 10.5. The molecule has 40 heavy (non-hydrogen) atoms. The van der Waals surface area contributed by atoms with Crippen LogP contribution in [-0.4, -0.2) is 34.7 Å². The first-order valence-corrected chi connectivity index (χ1v) is 13.4. The van der Waals surface area contributed by atoms with Crippen molar-refractivity contribution in [2.45, 2.75) is 24.9 Å². The van der Waals surface area contributed by atoms with Crippen LogP contribution in [-0.2, 0) is 31.1 Å². The molecule has 3 aliphatic rings. The van der Waals surface area contributed by atoms with E-state index >= 15 is 0 Å². The topological polar surface area (TPSA) is 123 Å². The highest BCUT2D eigenvalue weighted by Gasteiger charge is 2.70. The van der Waals surface area contributed by atoms with Crippen molar-refractivity contribution < 1.29 is 19.2 Å². The second kappa shape index (κ2) is 8.77. The molecule has 1 spiro atoms. The minimum absolute atomic E-state index is 0.228. The van der Waals surface area contributed by atoms with Crippen LogP contribution in [0.1, 0.15) is 18.1 Å². The smallest absolute Gasteiger partial charge is 0.250 e. The first-order valence-electron chi connectivity index (χ1n) is 13.0. The van der Waals surface area contributed by atoms with Crippen molar-refractivity contribution in [3.63, 3.8) is 0 Å². The average Bonchev–Trinajstić information content (AvgIpc) is 3.64. The van der Waals surface area contributed by atoms with E-state index in [1.807, 2.05) is 30.5 Å². The summed E-state index contributed by atoms with van der Waals surface area (Å²) < 4.78 is 0. The fraction of sp³-hybridized carbons (Fsp3) is 0.200. The Hall–Kier alpha value is -4.47. The molecule has 2 saturated heterocycles. The van der Waals surface area contributed by atoms with E-state index in [1.165, 1.54) is 11.8 Å². The molecule has 1 aromatic heterocycles. The molecule has 0 radical (unpaired) electrons. The van der Waals surface area contributed by atoms with E-state index in [9.17, 15) is 19.2 Å². The monoisotopic (exact) mass is 553 g/mol. The van der Waals surface area contributed by atoms with E-state index < -0.39 is 29.3 Å². The molecule has 10 heteroatoms. The summed E-state index contributed by atoms with van der Waals surface area (Å²) in [5.74, 6) is -3.23. The molecule has 4 amide bonds. The number of anilines is 3. The first-order chi connectivity index (χ1) is 19.3. The average molecular weight is 554 g/mol. The quantitative estimate of drug-likeness (QED) is 0.285. The van der Waals surface area contributed by atoms with E-state index in [0.717, 1.165) is 16.5 Å². The minimum Gasteiger partial charge on any atom is -0.361 e. The molecule has 3 aromatic carbocycles. The van der Waals surface area contributed by atoms with Gasteiger partial charge in [0.1, 0.15) is 5.54 Å². The summed E-state index contributed by atoms with van der Waals surface area (Å²) >= 11 is 6.37. The number of amides is 4. The normalized spacial score (nSPS) is 25.0. The molecule has 0 aliphatic carbocycles. The second-order valence-corrected chi connectivity index (χ2v) is 10.9. The highest BCUT2D eigenvalue weighted by Crippen LogP contribution is 2.54. The number of hydrogen-bond donors (Lipinski definition) is 4. The molecule has 4 heterocycles. The van der Waals surface area contributed by atoms with Gasteiger partial charge in [-0.25, -0.2) is 4.90 Å². The number of carbonyl (C=O) groups excluding carboxylic acids is 4. The van der Waals surface area contributed by atoms with E-state index in [4.69, 9.17) is 11.6 Å². The van der Waals surface area contributed by atoms with Crippen LogP contribution in [0, 0.1) is 11.8 Å². The summed E-state index contributed by atoms with van der Waals surface area (Å²) in [6.07, 6.45) is 2.33. The maximum Gasteiger partial charge on any atom is 0.250 e. The highest BCUT2D eigenvalue weighted by molar-refractivity contribution is 6.31. The van der Waals surface area contributed by atoms with E-state index in [1.54, 1.807) is 42.5 Å². The lowest BCUT2D eigenvalue weighted by atomic mass is 9.76. The fourth-order valence-electron chi connectivity index (χ4n) is 6.64. The van der Waals surface area contributed by atoms with Gasteiger partial charge in [0.05, 0.1) is 17.5 Å². The van der Waals surface area contributed by atoms with Crippen LogP contribution in [0.25, 0.3) is 10.9 Å². The largest absolute Gasteiger partial charge is 0.361 e. The van der Waals surface area contributed by atoms with Gasteiger partial charge in [0.25, 0.3) is 0 Å². The molecular formula is C30H24ClN5O4. The highest BCUT2D eigenvalue weighted by atomic mass is 35.5. The third-order valence-corrected chi connectivity index (χ3v) is 8.47. The molecule has 200 valence electrons. The molecule has 4 atom stereocenters. The number of H-pyrrole nitrogens is 1. The van der Waals surface area contributed by atoms with Crippen LogP contribution in [0.15, 0.2) is 72.9 Å². The van der Waals surface area contributed by atoms with Gasteiger partial charge in [0, 0.05) is 52.0 Å². The SMILES string of the molecule is CC(=O)Nc1ccc(N2C(=O)[C@H]3[C@@H](C2=O)[C@]2(N[C@@H]3Cc3c[nH]c4ccccc34)C(=O)Nc3ccc(Cl)cc32)cc1. The third kappa shape index (κ3) is 3.44. The Balaban J connectivity index is 1.34. The number of nitrogens with zero attached hydrogens (tertiary/aromatic N) is 1. The lowest BCUT2D eigenvalue weighted by Gasteiger charge is -2.29. The van der Waals surface area contributed by atoms with Gasteiger partial charge in [-0.15, -0.1) is 0 Å². The number of benzene rings is 3. The Labute approximate surface area is 233 Å². The lowest BCUT2D eigenvalue weighted by Crippen LogP contribution is -2.53. The first kappa shape index (κ1) is 24.6. The van der Waals surface area contributed by atoms with Gasteiger partial charge in [0.15, 0.2) is 0 Å². The molecule has 0 bridgehead atoms. The Morgan fingerprint density at radius 2 is 1.80 bits per heavy atom. The number of para-hydroxylation sites is 1. The second-order valence-electron chi connectivity index (χ2n) is 10.5. The van der Waals surface area contributed by atoms with Crippen LogP contribution in [0.2, 0.25) is 5.02 Å². The lowest BCUT2D eigenvalue weighted by molar-refractivity contribution is -0.130. The van der Waals surface area contributed by atoms with E-state index in [2.05, 4.69) is 20.9 Å². The van der Waals surface area contributed by atoms with Crippen LogP contribution < -0.4 is 20.9 Å². The van der Waals surface area contributed by atoms with Crippen molar-refractivity contribution in [3.8, 4) is 0 Å². The van der Waals surface area contributed by atoms with Crippen molar-refractivity contribution in [1.82, 2.24) is 10.3 Å². The molecule has 7 rings (SSSR count). The molecule has 0 unspecified atom stereocenters. The number of aromatic nitrogens is 1. The van der Waals surface area contributed by atoms with Gasteiger partial charge in [-0.2, -0.15) is 0 Å². The molecule has 3 aliphatic heterocycles. The molecule has 4 aromatic rings. The zero-order chi connectivity index (χ0) is 27.8. The number of aromatic amines is 1. The Morgan fingerprint density at radius 1 is 1.02 bits per heavy atom. The van der Waals surface area contributed by atoms with Gasteiger partial charge in [0.2, 0.25) is 23.6 Å². The zero-order valence-corrected chi connectivity index (χ0v) is 22.1. The third-order valence-electron chi connectivity index (χ3n) is 8.24. The van der Waals surface area contributed by atoms with Crippen LogP contribution in [0.3, 0.4) is 0 Å². The Morgan fingerprint density at radius 3 is 2.58 bits per heavy atom. The number of imide groups is 1. The van der Waals surface area contributed by atoms with Crippen molar-refractivity contribution in [1.29, 1.82) is 0 Å². The van der Waals surface area contributed by atoms with Crippen molar-refractivity contribution >= 4 is 63.2 Å². The standard InChI is InChI=1S/C30H24ClN5O4/c1-15(37)33-18-7-9-19(10-8-18)36-27(38)25-24(12-16-14-32-22-5-3-2-4-20(16)22)35-30(26(25)28(36)39)21-13-17(31)6-11-23(21)34-29(30)40/h2-11,13-14,24-26,32,35H,12H2,1H3,(H,33,37)(H,34,40)/t24-,25-,26+,30+/m1/s1. The number of rotatable bonds is 4. The zero-order valence-electron chi connectivity index (χ0n) is 21.3. The van der Waals surface area contributed by atoms with E-state index in [0.29, 0.717) is 34.1 Å². The maximum atomic E-state index is 14.2. The molecular weight excluding hydrogens is 530 g/mol. The molecule has 2 fully saturated rings. The van der Waals surface area contributed by atoms with Gasteiger partial charge >= 0.3 is 0 Å². The Kier molecular flexibility index (Phi) is 5.39. The molecule has 9 nitrogen and oxygen atoms in total.